The molecule has 0 unspecified atom stereocenters. The Hall–Kier alpha value is -2.13. The van der Waals surface area contributed by atoms with Crippen molar-refractivity contribution in [2.24, 2.45) is 10.7 Å². The summed E-state index contributed by atoms with van der Waals surface area (Å²) in [5.74, 6) is 0.413. The first kappa shape index (κ1) is 13.3. The van der Waals surface area contributed by atoms with Gasteiger partial charge in [0.25, 0.3) is 0 Å². The summed E-state index contributed by atoms with van der Waals surface area (Å²) in [6.45, 7) is 0. The van der Waals surface area contributed by atoms with Crippen LogP contribution >= 0.6 is 11.6 Å². The quantitative estimate of drug-likeness (QED) is 0.645. The molecule has 0 aliphatic rings. The lowest BCUT2D eigenvalue weighted by Gasteiger charge is -2.04. The summed E-state index contributed by atoms with van der Waals surface area (Å²) >= 11 is 5.80. The molecule has 0 fully saturated rings. The maximum absolute atomic E-state index is 7.98. The molecule has 0 radical (unpaired) electrons. The van der Waals surface area contributed by atoms with E-state index in [9.17, 15) is 0 Å². The van der Waals surface area contributed by atoms with E-state index in [1.165, 1.54) is 0 Å². The summed E-state index contributed by atoms with van der Waals surface area (Å²) in [5, 5.41) is 8.64. The molecule has 0 saturated heterocycles. The van der Waals surface area contributed by atoms with Gasteiger partial charge in [0.2, 0.25) is 0 Å². The van der Waals surface area contributed by atoms with E-state index in [0.29, 0.717) is 23.0 Å². The van der Waals surface area contributed by atoms with Crippen molar-refractivity contribution < 1.29 is 0 Å². The maximum Gasteiger partial charge on any atom is 0.106 e. The molecule has 2 aromatic carbocycles. The minimum atomic E-state index is 0.326. The van der Waals surface area contributed by atoms with Crippen molar-refractivity contribution >= 4 is 28.8 Å². The van der Waals surface area contributed by atoms with Gasteiger partial charge in [-0.05, 0) is 29.8 Å². The number of halogens is 1. The average Bonchev–Trinajstić information content (AvgIpc) is 2.42. The molecular formula is C15H14ClN3. The topological polar surface area (TPSA) is 62.2 Å². The predicted molar refractivity (Wildman–Crippen MR) is 80.6 cm³/mol. The Bertz CT molecular complexity index is 589. The van der Waals surface area contributed by atoms with E-state index in [1.807, 2.05) is 30.3 Å². The molecule has 0 bridgehead atoms. The zero-order valence-corrected chi connectivity index (χ0v) is 11.1. The van der Waals surface area contributed by atoms with E-state index in [1.54, 1.807) is 24.3 Å². The van der Waals surface area contributed by atoms with Crippen molar-refractivity contribution in [1.82, 2.24) is 0 Å². The highest BCUT2D eigenvalue weighted by Crippen LogP contribution is 2.16. The molecule has 0 aromatic heterocycles. The molecule has 0 aliphatic carbocycles. The van der Waals surface area contributed by atoms with Crippen LogP contribution in [0.1, 0.15) is 12.0 Å². The number of benzene rings is 2. The van der Waals surface area contributed by atoms with Gasteiger partial charge in [0.1, 0.15) is 5.84 Å². The van der Waals surface area contributed by atoms with E-state index in [2.05, 4.69) is 4.99 Å². The lowest BCUT2D eigenvalue weighted by molar-refractivity contribution is 1.34. The Morgan fingerprint density at radius 2 is 1.68 bits per heavy atom. The van der Waals surface area contributed by atoms with E-state index < -0.39 is 0 Å². The minimum Gasteiger partial charge on any atom is -0.387 e. The summed E-state index contributed by atoms with van der Waals surface area (Å²) in [6, 6.07) is 16.6. The van der Waals surface area contributed by atoms with Crippen LogP contribution in [0.2, 0.25) is 5.02 Å². The second-order valence-corrected chi connectivity index (χ2v) is 4.54. The zero-order chi connectivity index (χ0) is 13.7. The number of rotatable bonds is 4. The Balaban J connectivity index is 2.07. The molecule has 2 aromatic rings. The van der Waals surface area contributed by atoms with Gasteiger partial charge in [-0.15, -0.1) is 0 Å². The fraction of sp³-hybridized carbons (Fsp3) is 0.0667. The van der Waals surface area contributed by atoms with Gasteiger partial charge in [-0.1, -0.05) is 41.9 Å². The van der Waals surface area contributed by atoms with Crippen LogP contribution in [0, 0.1) is 5.41 Å². The molecular weight excluding hydrogens is 258 g/mol. The molecule has 2 rings (SSSR count). The molecule has 0 heterocycles. The van der Waals surface area contributed by atoms with Crippen LogP contribution in [0.5, 0.6) is 0 Å². The molecule has 96 valence electrons. The molecule has 19 heavy (non-hydrogen) atoms. The summed E-state index contributed by atoms with van der Waals surface area (Å²) in [4.78, 5) is 4.26. The van der Waals surface area contributed by atoms with Gasteiger partial charge in [0.15, 0.2) is 0 Å². The molecule has 3 nitrogen and oxygen atoms in total. The largest absolute Gasteiger partial charge is 0.387 e. The first-order chi connectivity index (χ1) is 9.15. The highest BCUT2D eigenvalue weighted by molar-refractivity contribution is 6.30. The average molecular weight is 272 g/mol. The van der Waals surface area contributed by atoms with Gasteiger partial charge in [-0.2, -0.15) is 0 Å². The number of nitrogens with zero attached hydrogens (tertiary/aromatic N) is 1. The van der Waals surface area contributed by atoms with Crippen molar-refractivity contribution in [2.75, 3.05) is 0 Å². The highest BCUT2D eigenvalue weighted by atomic mass is 35.5. The van der Waals surface area contributed by atoms with Crippen molar-refractivity contribution in [1.29, 1.82) is 5.41 Å². The number of nitrogens with two attached hydrogens (primary N) is 1. The third-order valence-electron chi connectivity index (χ3n) is 2.58. The number of aliphatic imine (C=N–C) groups is 1. The van der Waals surface area contributed by atoms with Crippen LogP contribution in [0.3, 0.4) is 0 Å². The summed E-state index contributed by atoms with van der Waals surface area (Å²) in [7, 11) is 0. The monoisotopic (exact) mass is 271 g/mol. The Kier molecular flexibility index (Phi) is 4.31. The first-order valence-electron chi connectivity index (χ1n) is 5.86. The smallest absolute Gasteiger partial charge is 0.106 e. The second-order valence-electron chi connectivity index (χ2n) is 4.10. The predicted octanol–water partition coefficient (Wildman–Crippen LogP) is 3.79. The van der Waals surface area contributed by atoms with Gasteiger partial charge in [-0.3, -0.25) is 0 Å². The zero-order valence-electron chi connectivity index (χ0n) is 10.3. The first-order valence-corrected chi connectivity index (χ1v) is 6.24. The van der Waals surface area contributed by atoms with Crippen LogP contribution in [-0.4, -0.2) is 11.5 Å². The van der Waals surface area contributed by atoms with Crippen LogP contribution < -0.4 is 5.73 Å². The third kappa shape index (κ3) is 3.93. The molecule has 4 heteroatoms. The van der Waals surface area contributed by atoms with Gasteiger partial charge < -0.3 is 11.1 Å². The van der Waals surface area contributed by atoms with Crippen molar-refractivity contribution in [3.8, 4) is 0 Å². The van der Waals surface area contributed by atoms with Gasteiger partial charge in [0, 0.05) is 17.2 Å². The van der Waals surface area contributed by atoms with E-state index in [-0.39, 0.29) is 0 Å². The van der Waals surface area contributed by atoms with Gasteiger partial charge >= 0.3 is 0 Å². The molecule has 3 N–H and O–H groups in total. The fourth-order valence-corrected chi connectivity index (χ4v) is 1.77. The van der Waals surface area contributed by atoms with E-state index in [0.717, 1.165) is 11.3 Å². The molecule has 0 aliphatic heterocycles. The standard InChI is InChI=1S/C15H14ClN3/c16-12-6-8-13(9-7-12)19-15(18)10-14(17)11-4-2-1-3-5-11/h1-9,17H,10H2,(H2,18,19). The van der Waals surface area contributed by atoms with Crippen LogP contribution in [0.4, 0.5) is 5.69 Å². The van der Waals surface area contributed by atoms with Crippen molar-refractivity contribution in [2.45, 2.75) is 6.42 Å². The Labute approximate surface area is 117 Å². The van der Waals surface area contributed by atoms with Crippen LogP contribution in [0.25, 0.3) is 0 Å². The summed E-state index contributed by atoms with van der Waals surface area (Å²) in [6.07, 6.45) is 0.326. The third-order valence-corrected chi connectivity index (χ3v) is 2.83. The SMILES string of the molecule is N=C(CC(N)=Nc1ccc(Cl)cc1)c1ccccc1. The molecule has 0 atom stereocenters. The van der Waals surface area contributed by atoms with Gasteiger partial charge in [-0.25, -0.2) is 4.99 Å². The normalized spacial score (nSPS) is 11.3. The maximum atomic E-state index is 7.98. The summed E-state index contributed by atoms with van der Waals surface area (Å²) in [5.41, 5.74) is 7.91. The van der Waals surface area contributed by atoms with E-state index in [4.69, 9.17) is 22.7 Å². The lowest BCUT2D eigenvalue weighted by Crippen LogP contribution is -2.16. The van der Waals surface area contributed by atoms with Crippen LogP contribution in [-0.2, 0) is 0 Å². The fourth-order valence-electron chi connectivity index (χ4n) is 1.64. The molecule has 0 amide bonds. The van der Waals surface area contributed by atoms with Crippen LogP contribution in [0.15, 0.2) is 59.6 Å². The minimum absolute atomic E-state index is 0.326. The number of hydrogen-bond acceptors (Lipinski definition) is 2. The number of nitrogens with one attached hydrogen (secondary N) is 1. The van der Waals surface area contributed by atoms with E-state index >= 15 is 0 Å². The Morgan fingerprint density at radius 3 is 2.32 bits per heavy atom. The number of amidine groups is 1. The van der Waals surface area contributed by atoms with Crippen molar-refractivity contribution in [3.05, 3.63) is 65.2 Å². The number of hydrogen-bond donors (Lipinski definition) is 2. The second kappa shape index (κ2) is 6.16. The molecule has 0 saturated carbocycles. The summed E-state index contributed by atoms with van der Waals surface area (Å²) < 4.78 is 0. The Morgan fingerprint density at radius 1 is 1.05 bits per heavy atom. The highest BCUT2D eigenvalue weighted by Gasteiger charge is 2.03. The lowest BCUT2D eigenvalue weighted by atomic mass is 10.1. The molecule has 0 spiro atoms. The van der Waals surface area contributed by atoms with Gasteiger partial charge in [0.05, 0.1) is 5.69 Å². The van der Waals surface area contributed by atoms with Crippen molar-refractivity contribution in [3.63, 3.8) is 0 Å².